The van der Waals surface area contributed by atoms with Gasteiger partial charge < -0.3 is 9.55 Å². The minimum atomic E-state index is -0.267. The summed E-state index contributed by atoms with van der Waals surface area (Å²) in [5.74, 6) is 0.477. The maximum atomic E-state index is 13.3. The zero-order valence-electron chi connectivity index (χ0n) is 15.4. The zero-order valence-corrected chi connectivity index (χ0v) is 15.4. The quantitative estimate of drug-likeness (QED) is 0.468. The lowest BCUT2D eigenvalue weighted by Gasteiger charge is -2.09. The Balaban J connectivity index is 1.58. The Morgan fingerprint density at radius 3 is 2.52 bits per heavy atom. The molecule has 29 heavy (non-hydrogen) atoms. The van der Waals surface area contributed by atoms with Gasteiger partial charge in [-0.2, -0.15) is 5.10 Å². The van der Waals surface area contributed by atoms with Crippen LogP contribution in [-0.4, -0.2) is 29.7 Å². The molecule has 0 aliphatic carbocycles. The van der Waals surface area contributed by atoms with Crippen LogP contribution in [0.25, 0.3) is 34.0 Å². The van der Waals surface area contributed by atoms with E-state index in [1.165, 1.54) is 12.1 Å². The molecular weight excluding hydrogens is 367 g/mol. The van der Waals surface area contributed by atoms with Crippen LogP contribution in [0.4, 0.5) is 4.39 Å². The first-order valence-electron chi connectivity index (χ1n) is 9.18. The number of nitrogens with zero attached hydrogens (tertiary/aromatic N) is 4. The average Bonchev–Trinajstić information content (AvgIpc) is 3.50. The van der Waals surface area contributed by atoms with Gasteiger partial charge in [0, 0.05) is 29.1 Å². The molecule has 0 radical (unpaired) electrons. The lowest BCUT2D eigenvalue weighted by molar-refractivity contribution is 0.628. The molecule has 0 aliphatic rings. The average molecular weight is 384 g/mol. The topological polar surface area (TPSA) is 75.2 Å². The number of imidazole rings is 2. The second-order valence-corrected chi connectivity index (χ2v) is 6.65. The lowest BCUT2D eigenvalue weighted by Crippen LogP contribution is -2.02. The fraction of sp³-hybridized carbons (Fsp3) is 0.0455. The Morgan fingerprint density at radius 2 is 1.76 bits per heavy atom. The predicted octanol–water partition coefficient (Wildman–Crippen LogP) is 4.52. The molecule has 0 fully saturated rings. The van der Waals surface area contributed by atoms with Crippen molar-refractivity contribution in [1.82, 2.24) is 29.7 Å². The smallest absolute Gasteiger partial charge is 0.156 e. The zero-order chi connectivity index (χ0) is 19.6. The minimum absolute atomic E-state index is 0.267. The van der Waals surface area contributed by atoms with Crippen LogP contribution < -0.4 is 0 Å². The summed E-state index contributed by atoms with van der Waals surface area (Å²) in [7, 11) is 0. The van der Waals surface area contributed by atoms with E-state index < -0.39 is 0 Å². The van der Waals surface area contributed by atoms with E-state index in [1.807, 2.05) is 41.2 Å². The van der Waals surface area contributed by atoms with Gasteiger partial charge in [0.15, 0.2) is 5.82 Å². The molecule has 142 valence electrons. The fourth-order valence-electron chi connectivity index (χ4n) is 3.43. The van der Waals surface area contributed by atoms with Crippen LogP contribution in [0.2, 0.25) is 0 Å². The Morgan fingerprint density at radius 1 is 0.931 bits per heavy atom. The van der Waals surface area contributed by atoms with E-state index >= 15 is 0 Å². The highest BCUT2D eigenvalue weighted by molar-refractivity contribution is 5.75. The van der Waals surface area contributed by atoms with Crippen molar-refractivity contribution < 1.29 is 4.39 Å². The molecule has 3 aromatic heterocycles. The molecule has 3 heterocycles. The van der Waals surface area contributed by atoms with Crippen LogP contribution >= 0.6 is 0 Å². The summed E-state index contributed by atoms with van der Waals surface area (Å²) in [6.07, 6.45) is 7.11. The van der Waals surface area contributed by atoms with Gasteiger partial charge >= 0.3 is 0 Å². The molecule has 0 aliphatic heterocycles. The highest BCUT2D eigenvalue weighted by Gasteiger charge is 2.18. The molecule has 5 aromatic rings. The summed E-state index contributed by atoms with van der Waals surface area (Å²) in [6, 6.07) is 16.4. The van der Waals surface area contributed by atoms with E-state index in [1.54, 1.807) is 30.7 Å². The van der Waals surface area contributed by atoms with Crippen molar-refractivity contribution in [2.75, 3.05) is 0 Å². The molecular formula is C22H17FN6. The van der Waals surface area contributed by atoms with Crippen molar-refractivity contribution in [2.45, 2.75) is 6.54 Å². The van der Waals surface area contributed by atoms with Crippen LogP contribution in [0.3, 0.4) is 0 Å². The maximum absolute atomic E-state index is 13.3. The van der Waals surface area contributed by atoms with Crippen LogP contribution in [0.5, 0.6) is 0 Å². The van der Waals surface area contributed by atoms with Crippen molar-refractivity contribution >= 4 is 0 Å². The van der Waals surface area contributed by atoms with Gasteiger partial charge in [-0.3, -0.25) is 5.10 Å². The van der Waals surface area contributed by atoms with E-state index in [4.69, 9.17) is 0 Å². The van der Waals surface area contributed by atoms with E-state index in [0.29, 0.717) is 6.54 Å². The summed E-state index contributed by atoms with van der Waals surface area (Å²) < 4.78 is 15.3. The minimum Gasteiger partial charge on any atom is -0.343 e. The first-order chi connectivity index (χ1) is 14.3. The molecule has 2 aromatic carbocycles. The number of halogens is 1. The molecule has 0 spiro atoms. The number of benzene rings is 2. The third-order valence-corrected chi connectivity index (χ3v) is 4.80. The molecule has 0 saturated carbocycles. The third kappa shape index (κ3) is 3.23. The Hall–Kier alpha value is -4.00. The SMILES string of the molecule is Fc1ccc(-c2[nH]ncc2Cn2cnc(-c3ccccc3)c2-c2ncc[nH]2)cc1. The van der Waals surface area contributed by atoms with Crippen molar-refractivity contribution in [3.8, 4) is 34.0 Å². The monoisotopic (exact) mass is 384 g/mol. The maximum Gasteiger partial charge on any atom is 0.156 e. The van der Waals surface area contributed by atoms with E-state index in [-0.39, 0.29) is 5.82 Å². The van der Waals surface area contributed by atoms with Gasteiger partial charge in [-0.15, -0.1) is 0 Å². The summed E-state index contributed by atoms with van der Waals surface area (Å²) >= 11 is 0. The molecule has 0 bridgehead atoms. The summed E-state index contributed by atoms with van der Waals surface area (Å²) in [5.41, 5.74) is 5.47. The van der Waals surface area contributed by atoms with E-state index in [9.17, 15) is 4.39 Å². The van der Waals surface area contributed by atoms with Crippen molar-refractivity contribution in [1.29, 1.82) is 0 Å². The molecule has 0 atom stereocenters. The largest absolute Gasteiger partial charge is 0.343 e. The Labute approximate surface area is 166 Å². The molecule has 0 unspecified atom stereocenters. The van der Waals surface area contributed by atoms with Crippen molar-refractivity contribution in [2.24, 2.45) is 0 Å². The van der Waals surface area contributed by atoms with Gasteiger partial charge in [0.25, 0.3) is 0 Å². The molecule has 2 N–H and O–H groups in total. The number of aromatic nitrogens is 6. The summed E-state index contributed by atoms with van der Waals surface area (Å²) in [4.78, 5) is 12.3. The van der Waals surface area contributed by atoms with Gasteiger partial charge in [-0.1, -0.05) is 30.3 Å². The standard InChI is InChI=1S/C22H17FN6/c23-18-8-6-16(7-9-18)19-17(12-27-28-19)13-29-14-26-20(15-4-2-1-3-5-15)21(29)22-24-10-11-25-22/h1-12,14H,13H2,(H,24,25)(H,27,28). The van der Waals surface area contributed by atoms with E-state index in [2.05, 4.69) is 25.1 Å². The van der Waals surface area contributed by atoms with Gasteiger partial charge in [0.2, 0.25) is 0 Å². The number of H-pyrrole nitrogens is 2. The molecule has 7 heteroatoms. The number of aromatic amines is 2. The molecule has 5 rings (SSSR count). The van der Waals surface area contributed by atoms with Crippen LogP contribution in [0.15, 0.2) is 79.5 Å². The normalized spacial score (nSPS) is 11.1. The van der Waals surface area contributed by atoms with Crippen LogP contribution in [0.1, 0.15) is 5.56 Å². The van der Waals surface area contributed by atoms with Gasteiger partial charge in [-0.05, 0) is 24.3 Å². The molecule has 6 nitrogen and oxygen atoms in total. The lowest BCUT2D eigenvalue weighted by atomic mass is 10.1. The number of hydrogen-bond donors (Lipinski definition) is 2. The number of rotatable bonds is 5. The van der Waals surface area contributed by atoms with Gasteiger partial charge in [0.1, 0.15) is 11.5 Å². The first kappa shape index (κ1) is 17.1. The van der Waals surface area contributed by atoms with E-state index in [0.717, 1.165) is 39.6 Å². The third-order valence-electron chi connectivity index (χ3n) is 4.80. The molecule has 0 saturated heterocycles. The summed E-state index contributed by atoms with van der Waals surface area (Å²) in [6.45, 7) is 0.541. The van der Waals surface area contributed by atoms with Crippen molar-refractivity contribution in [3.05, 3.63) is 90.9 Å². The van der Waals surface area contributed by atoms with Crippen molar-refractivity contribution in [3.63, 3.8) is 0 Å². The fourth-order valence-corrected chi connectivity index (χ4v) is 3.43. The van der Waals surface area contributed by atoms with Gasteiger partial charge in [-0.25, -0.2) is 14.4 Å². The van der Waals surface area contributed by atoms with Crippen LogP contribution in [-0.2, 0) is 6.54 Å². The number of nitrogens with one attached hydrogen (secondary N) is 2. The van der Waals surface area contributed by atoms with Gasteiger partial charge in [0.05, 0.1) is 30.5 Å². The summed E-state index contributed by atoms with van der Waals surface area (Å²) in [5, 5.41) is 7.22. The predicted molar refractivity (Wildman–Crippen MR) is 108 cm³/mol. The Kier molecular flexibility index (Phi) is 4.25. The second-order valence-electron chi connectivity index (χ2n) is 6.65. The molecule has 0 amide bonds. The number of hydrogen-bond acceptors (Lipinski definition) is 3. The Bertz CT molecular complexity index is 1220. The second kappa shape index (κ2) is 7.20. The highest BCUT2D eigenvalue weighted by Crippen LogP contribution is 2.31. The first-order valence-corrected chi connectivity index (χ1v) is 9.18. The van der Waals surface area contributed by atoms with Crippen LogP contribution in [0, 0.1) is 5.82 Å². The highest BCUT2D eigenvalue weighted by atomic mass is 19.1.